The van der Waals surface area contributed by atoms with Gasteiger partial charge in [-0.05, 0) is 50.1 Å². The Kier molecular flexibility index (Phi) is 5.41. The molecule has 0 saturated carbocycles. The van der Waals surface area contributed by atoms with Gasteiger partial charge in [-0.2, -0.15) is 5.10 Å². The summed E-state index contributed by atoms with van der Waals surface area (Å²) in [7, 11) is 0. The van der Waals surface area contributed by atoms with Crippen molar-refractivity contribution in [1.29, 1.82) is 0 Å². The zero-order valence-corrected chi connectivity index (χ0v) is 16.2. The predicted octanol–water partition coefficient (Wildman–Crippen LogP) is 2.54. The normalized spacial score (nSPS) is 16.6. The lowest BCUT2D eigenvalue weighted by Gasteiger charge is -2.31. The third-order valence-electron chi connectivity index (χ3n) is 5.05. The molecule has 0 spiro atoms. The van der Waals surface area contributed by atoms with E-state index in [9.17, 15) is 9.59 Å². The van der Waals surface area contributed by atoms with Gasteiger partial charge in [-0.1, -0.05) is 6.07 Å². The summed E-state index contributed by atoms with van der Waals surface area (Å²) in [6.45, 7) is 3.23. The number of furan rings is 1. The summed E-state index contributed by atoms with van der Waals surface area (Å²) in [5.74, 6) is 1.09. The minimum atomic E-state index is -0.234. The number of amides is 2. The number of rotatable bonds is 5. The first-order chi connectivity index (χ1) is 14.1. The molecular weight excluding hydrogens is 370 g/mol. The van der Waals surface area contributed by atoms with E-state index in [2.05, 4.69) is 20.5 Å². The van der Waals surface area contributed by atoms with Crippen molar-refractivity contribution in [2.24, 2.45) is 5.92 Å². The SMILES string of the molecule is Cc1ccc(CNC(=O)C2CCCN(C(=O)c3cc(-c4ccccn4)n[nH]3)C2)o1. The van der Waals surface area contributed by atoms with Crippen molar-refractivity contribution in [2.75, 3.05) is 13.1 Å². The molecule has 29 heavy (non-hydrogen) atoms. The molecule has 1 saturated heterocycles. The highest BCUT2D eigenvalue weighted by molar-refractivity contribution is 5.93. The standard InChI is InChI=1S/C21H23N5O3/c1-14-7-8-16(29-14)12-23-20(27)15-5-4-10-26(13-15)21(28)19-11-18(24-25-19)17-6-2-3-9-22-17/h2-3,6-9,11,15H,4-5,10,12-13H2,1H3,(H,23,27)(H,24,25). The fraction of sp³-hybridized carbons (Fsp3) is 0.333. The van der Waals surface area contributed by atoms with Gasteiger partial charge in [-0.25, -0.2) is 0 Å². The summed E-state index contributed by atoms with van der Waals surface area (Å²) in [5.41, 5.74) is 1.72. The molecular formula is C21H23N5O3. The zero-order chi connectivity index (χ0) is 20.2. The number of H-pyrrole nitrogens is 1. The van der Waals surface area contributed by atoms with Crippen LogP contribution in [0.25, 0.3) is 11.4 Å². The average molecular weight is 393 g/mol. The van der Waals surface area contributed by atoms with Crippen molar-refractivity contribution < 1.29 is 14.0 Å². The van der Waals surface area contributed by atoms with Gasteiger partial charge in [-0.15, -0.1) is 0 Å². The Morgan fingerprint density at radius 2 is 2.17 bits per heavy atom. The van der Waals surface area contributed by atoms with Gasteiger partial charge in [0, 0.05) is 19.3 Å². The maximum absolute atomic E-state index is 12.9. The van der Waals surface area contributed by atoms with Crippen LogP contribution in [-0.4, -0.2) is 45.0 Å². The molecule has 1 aliphatic heterocycles. The predicted molar refractivity (Wildman–Crippen MR) is 106 cm³/mol. The van der Waals surface area contributed by atoms with Crippen LogP contribution in [-0.2, 0) is 11.3 Å². The van der Waals surface area contributed by atoms with E-state index in [1.807, 2.05) is 37.3 Å². The number of carbonyl (C=O) groups is 2. The number of aryl methyl sites for hydroxylation is 1. The molecule has 1 fully saturated rings. The number of hydrogen-bond acceptors (Lipinski definition) is 5. The minimum absolute atomic E-state index is 0.0599. The second-order valence-corrected chi connectivity index (χ2v) is 7.20. The summed E-state index contributed by atoms with van der Waals surface area (Å²) >= 11 is 0. The highest BCUT2D eigenvalue weighted by Gasteiger charge is 2.29. The molecule has 0 aliphatic carbocycles. The van der Waals surface area contributed by atoms with Crippen LogP contribution in [0.5, 0.6) is 0 Å². The number of piperidine rings is 1. The highest BCUT2D eigenvalue weighted by Crippen LogP contribution is 2.21. The number of nitrogens with zero attached hydrogens (tertiary/aromatic N) is 3. The van der Waals surface area contributed by atoms with Crippen molar-refractivity contribution >= 4 is 11.8 Å². The summed E-state index contributed by atoms with van der Waals surface area (Å²) in [4.78, 5) is 31.4. The molecule has 3 aromatic rings. The molecule has 0 bridgehead atoms. The van der Waals surface area contributed by atoms with Crippen LogP contribution in [0.4, 0.5) is 0 Å². The summed E-state index contributed by atoms with van der Waals surface area (Å²) in [6, 6.07) is 11.0. The number of carbonyl (C=O) groups excluding carboxylic acids is 2. The van der Waals surface area contributed by atoms with Gasteiger partial charge < -0.3 is 14.6 Å². The summed E-state index contributed by atoms with van der Waals surface area (Å²) in [5, 5.41) is 9.90. The van der Waals surface area contributed by atoms with Crippen LogP contribution in [0.2, 0.25) is 0 Å². The molecule has 1 aliphatic rings. The number of hydrogen-bond donors (Lipinski definition) is 2. The lowest BCUT2D eigenvalue weighted by atomic mass is 9.97. The minimum Gasteiger partial charge on any atom is -0.465 e. The fourth-order valence-corrected chi connectivity index (χ4v) is 3.52. The molecule has 2 amide bonds. The molecule has 8 heteroatoms. The number of aromatic amines is 1. The molecule has 4 heterocycles. The molecule has 0 radical (unpaired) electrons. The number of likely N-dealkylation sites (tertiary alicyclic amines) is 1. The summed E-state index contributed by atoms with van der Waals surface area (Å²) in [6.07, 6.45) is 3.23. The Morgan fingerprint density at radius 1 is 1.28 bits per heavy atom. The largest absolute Gasteiger partial charge is 0.465 e. The van der Waals surface area contributed by atoms with Gasteiger partial charge in [0.05, 0.1) is 18.2 Å². The molecule has 1 atom stereocenters. The first kappa shape index (κ1) is 18.9. The van der Waals surface area contributed by atoms with Crippen molar-refractivity contribution in [3.63, 3.8) is 0 Å². The molecule has 2 N–H and O–H groups in total. The smallest absolute Gasteiger partial charge is 0.271 e. The monoisotopic (exact) mass is 393 g/mol. The Labute approximate surface area is 168 Å². The van der Waals surface area contributed by atoms with Gasteiger partial charge in [-0.3, -0.25) is 19.7 Å². The van der Waals surface area contributed by atoms with Gasteiger partial charge in [0.1, 0.15) is 22.9 Å². The van der Waals surface area contributed by atoms with Gasteiger partial charge in [0.25, 0.3) is 5.91 Å². The van der Waals surface area contributed by atoms with Gasteiger partial charge in [0.15, 0.2) is 0 Å². The Bertz CT molecular complexity index is 995. The van der Waals surface area contributed by atoms with Crippen LogP contribution >= 0.6 is 0 Å². The maximum Gasteiger partial charge on any atom is 0.271 e. The second-order valence-electron chi connectivity index (χ2n) is 7.20. The van der Waals surface area contributed by atoms with Crippen LogP contribution < -0.4 is 5.32 Å². The Morgan fingerprint density at radius 3 is 2.93 bits per heavy atom. The van der Waals surface area contributed by atoms with E-state index in [1.165, 1.54) is 0 Å². The van der Waals surface area contributed by atoms with Crippen molar-refractivity contribution in [1.82, 2.24) is 25.4 Å². The molecule has 4 rings (SSSR count). The number of pyridine rings is 1. The van der Waals surface area contributed by atoms with Gasteiger partial charge in [0.2, 0.25) is 5.91 Å². The molecule has 0 aromatic carbocycles. The summed E-state index contributed by atoms with van der Waals surface area (Å²) < 4.78 is 5.48. The molecule has 1 unspecified atom stereocenters. The average Bonchev–Trinajstić information content (AvgIpc) is 3.41. The molecule has 3 aromatic heterocycles. The van der Waals surface area contributed by atoms with Crippen molar-refractivity contribution in [3.05, 3.63) is 59.8 Å². The van der Waals surface area contributed by atoms with Crippen LogP contribution in [0, 0.1) is 12.8 Å². The third kappa shape index (κ3) is 4.37. The van der Waals surface area contributed by atoms with E-state index < -0.39 is 0 Å². The fourth-order valence-electron chi connectivity index (χ4n) is 3.52. The van der Waals surface area contributed by atoms with E-state index in [0.29, 0.717) is 36.7 Å². The lowest BCUT2D eigenvalue weighted by molar-refractivity contribution is -0.126. The van der Waals surface area contributed by atoms with Crippen LogP contribution in [0.15, 0.2) is 47.0 Å². The van der Waals surface area contributed by atoms with E-state index >= 15 is 0 Å². The number of aromatic nitrogens is 3. The zero-order valence-electron chi connectivity index (χ0n) is 16.2. The lowest BCUT2D eigenvalue weighted by Crippen LogP contribution is -2.45. The maximum atomic E-state index is 12.9. The van der Waals surface area contributed by atoms with Crippen LogP contribution in [0.1, 0.15) is 34.9 Å². The third-order valence-corrected chi connectivity index (χ3v) is 5.05. The second kappa shape index (κ2) is 8.30. The highest BCUT2D eigenvalue weighted by atomic mass is 16.3. The Hall–Kier alpha value is -3.42. The first-order valence-electron chi connectivity index (χ1n) is 9.69. The molecule has 150 valence electrons. The Balaban J connectivity index is 1.37. The number of nitrogens with one attached hydrogen (secondary N) is 2. The first-order valence-corrected chi connectivity index (χ1v) is 9.69. The van der Waals surface area contributed by atoms with Gasteiger partial charge >= 0.3 is 0 Å². The van der Waals surface area contributed by atoms with Crippen molar-refractivity contribution in [3.8, 4) is 11.4 Å². The quantitative estimate of drug-likeness (QED) is 0.693. The van der Waals surface area contributed by atoms with Crippen LogP contribution in [0.3, 0.4) is 0 Å². The van der Waals surface area contributed by atoms with E-state index in [4.69, 9.17) is 4.42 Å². The topological polar surface area (TPSA) is 104 Å². The van der Waals surface area contributed by atoms with E-state index in [0.717, 1.165) is 24.4 Å². The van der Waals surface area contributed by atoms with Crippen molar-refractivity contribution in [2.45, 2.75) is 26.3 Å². The molecule has 8 nitrogen and oxygen atoms in total. The van der Waals surface area contributed by atoms with E-state index in [-0.39, 0.29) is 17.7 Å². The van der Waals surface area contributed by atoms with E-state index in [1.54, 1.807) is 17.2 Å².